The van der Waals surface area contributed by atoms with Crippen molar-refractivity contribution in [2.24, 2.45) is 0 Å². The van der Waals surface area contributed by atoms with E-state index >= 15 is 0 Å². The first-order valence-corrected chi connectivity index (χ1v) is 6.37. The van der Waals surface area contributed by atoms with Gasteiger partial charge in [0.1, 0.15) is 12.8 Å². The van der Waals surface area contributed by atoms with E-state index in [0.717, 1.165) is 12.3 Å². The van der Waals surface area contributed by atoms with E-state index in [-0.39, 0.29) is 30.5 Å². The molecule has 1 amide bonds. The lowest BCUT2D eigenvalue weighted by atomic mass is 10.3. The Morgan fingerprint density at radius 1 is 1.35 bits per heavy atom. The molecule has 0 fully saturated rings. The van der Waals surface area contributed by atoms with Gasteiger partial charge in [0.25, 0.3) is 5.91 Å². The summed E-state index contributed by atoms with van der Waals surface area (Å²) in [5, 5.41) is 2.27. The van der Waals surface area contributed by atoms with Crippen LogP contribution in [0.25, 0.3) is 0 Å². The molecule has 2 rings (SSSR count). The van der Waals surface area contributed by atoms with Crippen LogP contribution in [0.2, 0.25) is 0 Å². The molecular weight excluding hydrogens is 314 g/mol. The predicted octanol–water partition coefficient (Wildman–Crippen LogP) is 1.43. The quantitative estimate of drug-likeness (QED) is 0.808. The number of methoxy groups -OCH3 is 1. The molecule has 0 unspecified atom stereocenters. The minimum absolute atomic E-state index is 0.0168. The Hall–Kier alpha value is -2.97. The molecule has 1 aromatic carbocycles. The molecule has 0 saturated heterocycles. The predicted molar refractivity (Wildman–Crippen MR) is 71.5 cm³/mol. The second-order valence-electron chi connectivity index (χ2n) is 4.23. The molecule has 2 aromatic rings. The third-order valence-corrected chi connectivity index (χ3v) is 2.67. The number of ether oxygens (including phenoxy) is 2. The van der Waals surface area contributed by atoms with Crippen LogP contribution in [0.3, 0.4) is 0 Å². The van der Waals surface area contributed by atoms with Crippen LogP contribution in [-0.4, -0.2) is 30.5 Å². The van der Waals surface area contributed by atoms with Crippen molar-refractivity contribution >= 4 is 11.9 Å². The molecule has 0 radical (unpaired) electrons. The fourth-order valence-electron chi connectivity index (χ4n) is 1.53. The SMILES string of the molecule is COC(=O)CNC(=O)c1coc(COc2cccc(F)c2F)n1. The number of carbonyl (C=O) groups is 2. The smallest absolute Gasteiger partial charge is 0.325 e. The van der Waals surface area contributed by atoms with Crippen LogP contribution >= 0.6 is 0 Å². The Morgan fingerprint density at radius 2 is 2.13 bits per heavy atom. The van der Waals surface area contributed by atoms with Gasteiger partial charge in [0, 0.05) is 0 Å². The van der Waals surface area contributed by atoms with Gasteiger partial charge < -0.3 is 19.2 Å². The average molecular weight is 326 g/mol. The van der Waals surface area contributed by atoms with Gasteiger partial charge >= 0.3 is 5.97 Å². The number of nitrogens with zero attached hydrogens (tertiary/aromatic N) is 1. The van der Waals surface area contributed by atoms with Crippen molar-refractivity contribution in [3.05, 3.63) is 47.7 Å². The molecule has 1 N–H and O–H groups in total. The molecule has 1 aromatic heterocycles. The Kier molecular flexibility index (Phi) is 5.23. The number of carbonyl (C=O) groups excluding carboxylic acids is 2. The van der Waals surface area contributed by atoms with Crippen LogP contribution < -0.4 is 10.1 Å². The van der Waals surface area contributed by atoms with Crippen molar-refractivity contribution < 1.29 is 32.3 Å². The average Bonchev–Trinajstić information content (AvgIpc) is 3.02. The number of halogens is 2. The molecule has 0 aliphatic heterocycles. The Labute approximate surface area is 129 Å². The molecule has 0 spiro atoms. The number of hydrogen-bond acceptors (Lipinski definition) is 6. The van der Waals surface area contributed by atoms with Crippen LogP contribution in [0, 0.1) is 11.6 Å². The number of esters is 1. The second-order valence-corrected chi connectivity index (χ2v) is 4.23. The van der Waals surface area contributed by atoms with Crippen molar-refractivity contribution in [3.63, 3.8) is 0 Å². The lowest BCUT2D eigenvalue weighted by Crippen LogP contribution is -2.30. The van der Waals surface area contributed by atoms with E-state index in [1.807, 2.05) is 0 Å². The van der Waals surface area contributed by atoms with Gasteiger partial charge in [-0.25, -0.2) is 9.37 Å². The Morgan fingerprint density at radius 3 is 2.87 bits per heavy atom. The standard InChI is InChI=1S/C14H12F2N2O5/c1-21-12(19)5-17-14(20)9-6-23-11(18-9)7-22-10-4-2-3-8(15)13(10)16/h2-4,6H,5,7H2,1H3,(H,17,20). The molecule has 7 nitrogen and oxygen atoms in total. The van der Waals surface area contributed by atoms with E-state index in [9.17, 15) is 18.4 Å². The van der Waals surface area contributed by atoms with Crippen molar-refractivity contribution in [2.45, 2.75) is 6.61 Å². The number of hydrogen-bond donors (Lipinski definition) is 1. The van der Waals surface area contributed by atoms with E-state index < -0.39 is 23.5 Å². The van der Waals surface area contributed by atoms with E-state index in [0.29, 0.717) is 0 Å². The molecule has 23 heavy (non-hydrogen) atoms. The zero-order chi connectivity index (χ0) is 16.8. The Balaban J connectivity index is 1.93. The summed E-state index contributed by atoms with van der Waals surface area (Å²) < 4.78 is 40.8. The van der Waals surface area contributed by atoms with Gasteiger partial charge in [-0.1, -0.05) is 6.07 Å². The number of amides is 1. The third-order valence-electron chi connectivity index (χ3n) is 2.67. The molecule has 0 saturated carbocycles. The molecule has 0 aliphatic carbocycles. The van der Waals surface area contributed by atoms with E-state index in [1.165, 1.54) is 19.2 Å². The van der Waals surface area contributed by atoms with Crippen LogP contribution in [-0.2, 0) is 16.1 Å². The van der Waals surface area contributed by atoms with Gasteiger partial charge in [-0.15, -0.1) is 0 Å². The number of aromatic nitrogens is 1. The van der Waals surface area contributed by atoms with Crippen LogP contribution in [0.1, 0.15) is 16.4 Å². The summed E-state index contributed by atoms with van der Waals surface area (Å²) in [4.78, 5) is 26.4. The van der Waals surface area contributed by atoms with E-state index in [4.69, 9.17) is 9.15 Å². The summed E-state index contributed by atoms with van der Waals surface area (Å²) in [5.41, 5.74) is -0.0905. The van der Waals surface area contributed by atoms with Gasteiger partial charge in [0.15, 0.2) is 23.9 Å². The lowest BCUT2D eigenvalue weighted by Gasteiger charge is -2.04. The highest BCUT2D eigenvalue weighted by molar-refractivity contribution is 5.93. The highest BCUT2D eigenvalue weighted by Crippen LogP contribution is 2.20. The first-order chi connectivity index (χ1) is 11.0. The topological polar surface area (TPSA) is 90.7 Å². The number of oxazole rings is 1. The summed E-state index contributed by atoms with van der Waals surface area (Å²) in [5.74, 6) is -3.76. The van der Waals surface area contributed by atoms with Crippen LogP contribution in [0.5, 0.6) is 5.75 Å². The number of benzene rings is 1. The summed E-state index contributed by atoms with van der Waals surface area (Å²) >= 11 is 0. The van der Waals surface area contributed by atoms with E-state index in [2.05, 4.69) is 15.0 Å². The first kappa shape index (κ1) is 16.4. The molecule has 9 heteroatoms. The zero-order valence-electron chi connectivity index (χ0n) is 12.0. The normalized spacial score (nSPS) is 10.2. The number of rotatable bonds is 6. The first-order valence-electron chi connectivity index (χ1n) is 6.37. The third kappa shape index (κ3) is 4.25. The minimum Gasteiger partial charge on any atom is -0.481 e. The summed E-state index contributed by atoms with van der Waals surface area (Å²) in [6.07, 6.45) is 1.05. The molecular formula is C14H12F2N2O5. The second kappa shape index (κ2) is 7.34. The van der Waals surface area contributed by atoms with Crippen molar-refractivity contribution in [3.8, 4) is 5.75 Å². The molecule has 0 atom stereocenters. The highest BCUT2D eigenvalue weighted by Gasteiger charge is 2.15. The largest absolute Gasteiger partial charge is 0.481 e. The van der Waals surface area contributed by atoms with Crippen LogP contribution in [0.4, 0.5) is 8.78 Å². The van der Waals surface area contributed by atoms with Crippen molar-refractivity contribution in [1.82, 2.24) is 10.3 Å². The maximum absolute atomic E-state index is 13.4. The molecule has 1 heterocycles. The minimum atomic E-state index is -1.13. The summed E-state index contributed by atoms with van der Waals surface area (Å²) in [7, 11) is 1.19. The van der Waals surface area contributed by atoms with Gasteiger partial charge in [-0.2, -0.15) is 4.39 Å². The Bertz CT molecular complexity index is 717. The maximum Gasteiger partial charge on any atom is 0.325 e. The maximum atomic E-state index is 13.4. The molecule has 0 bridgehead atoms. The molecule has 0 aliphatic rings. The lowest BCUT2D eigenvalue weighted by molar-refractivity contribution is -0.139. The van der Waals surface area contributed by atoms with E-state index in [1.54, 1.807) is 0 Å². The molecule has 122 valence electrons. The summed E-state index contributed by atoms with van der Waals surface area (Å²) in [6.45, 7) is -0.618. The van der Waals surface area contributed by atoms with Crippen molar-refractivity contribution in [1.29, 1.82) is 0 Å². The summed E-state index contributed by atoms with van der Waals surface area (Å²) in [6, 6.07) is 3.48. The monoisotopic (exact) mass is 326 g/mol. The fourth-order valence-corrected chi connectivity index (χ4v) is 1.53. The van der Waals surface area contributed by atoms with Gasteiger partial charge in [0.2, 0.25) is 11.7 Å². The van der Waals surface area contributed by atoms with Gasteiger partial charge in [-0.05, 0) is 12.1 Å². The highest BCUT2D eigenvalue weighted by atomic mass is 19.2. The number of nitrogens with one attached hydrogen (secondary N) is 1. The fraction of sp³-hybridized carbons (Fsp3) is 0.214. The van der Waals surface area contributed by atoms with Crippen molar-refractivity contribution in [2.75, 3.05) is 13.7 Å². The van der Waals surface area contributed by atoms with Crippen LogP contribution in [0.15, 0.2) is 28.9 Å². The van der Waals surface area contributed by atoms with Gasteiger partial charge in [0.05, 0.1) is 7.11 Å². The van der Waals surface area contributed by atoms with Gasteiger partial charge in [-0.3, -0.25) is 9.59 Å². The zero-order valence-corrected chi connectivity index (χ0v) is 12.0.